The van der Waals surface area contributed by atoms with E-state index in [-0.39, 0.29) is 11.3 Å². The molecule has 0 aliphatic carbocycles. The number of nitrogens with one attached hydrogen (secondary N) is 1. The number of nitrogens with zero attached hydrogens (tertiary/aromatic N) is 1. The molecule has 2 amide bonds. The van der Waals surface area contributed by atoms with Crippen LogP contribution in [0.3, 0.4) is 0 Å². The molecule has 0 aromatic heterocycles. The second-order valence-electron chi connectivity index (χ2n) is 7.44. The summed E-state index contributed by atoms with van der Waals surface area (Å²) in [7, 11) is 1.57. The zero-order valence-electron chi connectivity index (χ0n) is 18.5. The third-order valence-electron chi connectivity index (χ3n) is 5.29. The van der Waals surface area contributed by atoms with E-state index in [2.05, 4.69) is 5.32 Å². The highest BCUT2D eigenvalue weighted by atomic mass is 35.5. The Hall–Kier alpha value is -3.77. The maximum absolute atomic E-state index is 13.6. The molecule has 0 saturated carbocycles. The van der Waals surface area contributed by atoms with Gasteiger partial charge in [0.25, 0.3) is 11.8 Å². The minimum Gasteiger partial charge on any atom is -0.497 e. The first-order valence-corrected chi connectivity index (χ1v) is 10.8. The molecule has 3 aromatic carbocycles. The smallest absolute Gasteiger partial charge is 0.282 e. The minimum absolute atomic E-state index is 0.173. The number of anilines is 2. The molecule has 0 spiro atoms. The number of carbonyl (C=O) groups is 2. The first-order valence-electron chi connectivity index (χ1n) is 10.5. The number of rotatable bonds is 7. The molecule has 0 atom stereocenters. The molecule has 0 fully saturated rings. The van der Waals surface area contributed by atoms with Gasteiger partial charge in [0.05, 0.1) is 25.0 Å². The fourth-order valence-corrected chi connectivity index (χ4v) is 3.78. The lowest BCUT2D eigenvalue weighted by Gasteiger charge is -2.16. The molecule has 1 N–H and O–H groups in total. The number of benzene rings is 3. The van der Waals surface area contributed by atoms with E-state index in [0.717, 1.165) is 10.5 Å². The molecular formula is C26H23ClN2O4. The molecule has 4 rings (SSSR count). The van der Waals surface area contributed by atoms with E-state index < -0.39 is 11.8 Å². The van der Waals surface area contributed by atoms with Crippen LogP contribution in [0.1, 0.15) is 18.1 Å². The Morgan fingerprint density at radius 2 is 1.70 bits per heavy atom. The first-order chi connectivity index (χ1) is 15.9. The summed E-state index contributed by atoms with van der Waals surface area (Å²) in [5.74, 6) is 0.334. The van der Waals surface area contributed by atoms with Crippen LogP contribution in [0.4, 0.5) is 11.4 Å². The summed E-state index contributed by atoms with van der Waals surface area (Å²) in [6.07, 6.45) is 0. The molecule has 0 unspecified atom stereocenters. The van der Waals surface area contributed by atoms with Gasteiger partial charge in [-0.05, 0) is 61.4 Å². The van der Waals surface area contributed by atoms with Gasteiger partial charge in [-0.1, -0.05) is 35.9 Å². The molecule has 6 nitrogen and oxygen atoms in total. The second-order valence-corrected chi connectivity index (χ2v) is 7.85. The predicted octanol–water partition coefficient (Wildman–Crippen LogP) is 5.45. The van der Waals surface area contributed by atoms with Crippen LogP contribution in [0.2, 0.25) is 5.02 Å². The third-order valence-corrected chi connectivity index (χ3v) is 5.70. The number of hydrogen-bond donors (Lipinski definition) is 1. The Morgan fingerprint density at radius 3 is 2.36 bits per heavy atom. The van der Waals surface area contributed by atoms with Crippen molar-refractivity contribution in [2.75, 3.05) is 23.9 Å². The van der Waals surface area contributed by atoms with Crippen LogP contribution < -0.4 is 19.7 Å². The van der Waals surface area contributed by atoms with Crippen molar-refractivity contribution in [1.82, 2.24) is 0 Å². The zero-order chi connectivity index (χ0) is 23.5. The lowest BCUT2D eigenvalue weighted by Crippen LogP contribution is -2.32. The van der Waals surface area contributed by atoms with Gasteiger partial charge in [-0.25, -0.2) is 4.90 Å². The van der Waals surface area contributed by atoms with Crippen LogP contribution in [-0.2, 0) is 9.59 Å². The first kappa shape index (κ1) is 22.4. The van der Waals surface area contributed by atoms with E-state index in [1.54, 1.807) is 61.7 Å². The predicted molar refractivity (Wildman–Crippen MR) is 130 cm³/mol. The van der Waals surface area contributed by atoms with Gasteiger partial charge in [-0.15, -0.1) is 0 Å². The highest BCUT2D eigenvalue weighted by Gasteiger charge is 2.40. The molecule has 3 aromatic rings. The van der Waals surface area contributed by atoms with Crippen molar-refractivity contribution in [3.8, 4) is 11.5 Å². The van der Waals surface area contributed by atoms with Crippen molar-refractivity contribution >= 4 is 40.4 Å². The third kappa shape index (κ3) is 4.43. The van der Waals surface area contributed by atoms with Gasteiger partial charge in [0, 0.05) is 16.8 Å². The minimum atomic E-state index is -0.462. The lowest BCUT2D eigenvalue weighted by atomic mass is 10.0. The van der Waals surface area contributed by atoms with Crippen molar-refractivity contribution in [2.45, 2.75) is 13.8 Å². The van der Waals surface area contributed by atoms with E-state index in [1.165, 1.54) is 0 Å². The number of aryl methyl sites for hydroxylation is 1. The van der Waals surface area contributed by atoms with Crippen molar-refractivity contribution in [3.63, 3.8) is 0 Å². The SMILES string of the molecule is CCOc1cccc(N2C(=O)C(Nc3ccc(C)c(Cl)c3)=C(c3ccc(OC)cc3)C2=O)c1. The van der Waals surface area contributed by atoms with Crippen molar-refractivity contribution < 1.29 is 19.1 Å². The summed E-state index contributed by atoms with van der Waals surface area (Å²) in [6, 6.07) is 19.3. The van der Waals surface area contributed by atoms with Crippen LogP contribution in [0, 0.1) is 6.92 Å². The maximum atomic E-state index is 13.6. The Labute approximate surface area is 197 Å². The van der Waals surface area contributed by atoms with Gasteiger partial charge in [-0.3, -0.25) is 9.59 Å². The Bertz CT molecular complexity index is 1250. The van der Waals surface area contributed by atoms with E-state index >= 15 is 0 Å². The van der Waals surface area contributed by atoms with Gasteiger partial charge in [0.15, 0.2) is 0 Å². The Balaban J connectivity index is 1.80. The lowest BCUT2D eigenvalue weighted by molar-refractivity contribution is -0.120. The normalized spacial score (nSPS) is 13.5. The van der Waals surface area contributed by atoms with E-state index in [9.17, 15) is 9.59 Å². The summed E-state index contributed by atoms with van der Waals surface area (Å²) >= 11 is 6.28. The molecule has 1 heterocycles. The topological polar surface area (TPSA) is 67.9 Å². The Morgan fingerprint density at radius 1 is 0.939 bits per heavy atom. The number of imide groups is 1. The average Bonchev–Trinajstić information content (AvgIpc) is 3.06. The number of ether oxygens (including phenoxy) is 2. The highest BCUT2D eigenvalue weighted by Crippen LogP contribution is 2.36. The largest absolute Gasteiger partial charge is 0.497 e. The number of halogens is 1. The summed E-state index contributed by atoms with van der Waals surface area (Å²) in [5.41, 5.74) is 2.99. The maximum Gasteiger partial charge on any atom is 0.282 e. The van der Waals surface area contributed by atoms with Gasteiger partial charge in [0.1, 0.15) is 17.2 Å². The molecule has 0 radical (unpaired) electrons. The zero-order valence-corrected chi connectivity index (χ0v) is 19.3. The van der Waals surface area contributed by atoms with Gasteiger partial charge in [0.2, 0.25) is 0 Å². The summed E-state index contributed by atoms with van der Waals surface area (Å²) in [6.45, 7) is 4.24. The van der Waals surface area contributed by atoms with E-state index in [1.807, 2.05) is 26.0 Å². The average molecular weight is 463 g/mol. The fourth-order valence-electron chi connectivity index (χ4n) is 3.60. The molecule has 0 saturated heterocycles. The number of carbonyl (C=O) groups excluding carboxylic acids is 2. The van der Waals surface area contributed by atoms with Crippen LogP contribution in [-0.4, -0.2) is 25.5 Å². The monoisotopic (exact) mass is 462 g/mol. The molecule has 0 bridgehead atoms. The molecule has 1 aliphatic rings. The summed E-state index contributed by atoms with van der Waals surface area (Å²) in [5, 5.41) is 3.69. The highest BCUT2D eigenvalue weighted by molar-refractivity contribution is 6.46. The molecule has 1 aliphatic heterocycles. The molecular weight excluding hydrogens is 440 g/mol. The number of methoxy groups -OCH3 is 1. The fraction of sp³-hybridized carbons (Fsp3) is 0.154. The van der Waals surface area contributed by atoms with E-state index in [0.29, 0.717) is 40.1 Å². The van der Waals surface area contributed by atoms with Crippen LogP contribution in [0.25, 0.3) is 5.57 Å². The second kappa shape index (κ2) is 9.38. The number of hydrogen-bond acceptors (Lipinski definition) is 5. The molecule has 7 heteroatoms. The van der Waals surface area contributed by atoms with Crippen molar-refractivity contribution in [1.29, 1.82) is 0 Å². The molecule has 168 valence electrons. The van der Waals surface area contributed by atoms with Gasteiger partial charge >= 0.3 is 0 Å². The van der Waals surface area contributed by atoms with Gasteiger partial charge in [-0.2, -0.15) is 0 Å². The quantitative estimate of drug-likeness (QED) is 0.473. The Kier molecular flexibility index (Phi) is 6.38. The number of amides is 2. The van der Waals surface area contributed by atoms with Crippen LogP contribution in [0.5, 0.6) is 11.5 Å². The molecule has 33 heavy (non-hydrogen) atoms. The summed E-state index contributed by atoms with van der Waals surface area (Å²) in [4.78, 5) is 28.3. The van der Waals surface area contributed by atoms with Crippen LogP contribution >= 0.6 is 11.6 Å². The van der Waals surface area contributed by atoms with Gasteiger partial charge < -0.3 is 14.8 Å². The van der Waals surface area contributed by atoms with Crippen LogP contribution in [0.15, 0.2) is 72.4 Å². The van der Waals surface area contributed by atoms with Crippen molar-refractivity contribution in [3.05, 3.63) is 88.6 Å². The standard InChI is InChI=1S/C26H23ClN2O4/c1-4-33-21-7-5-6-19(15-21)29-25(30)23(17-9-12-20(32-3)13-10-17)24(26(29)31)28-18-11-8-16(2)22(27)14-18/h5-15,28H,4H2,1-3H3. The van der Waals surface area contributed by atoms with E-state index in [4.69, 9.17) is 21.1 Å². The summed E-state index contributed by atoms with van der Waals surface area (Å²) < 4.78 is 10.8. The van der Waals surface area contributed by atoms with Crippen molar-refractivity contribution in [2.24, 2.45) is 0 Å².